The van der Waals surface area contributed by atoms with Crippen LogP contribution < -0.4 is 4.74 Å². The second kappa shape index (κ2) is 9.63. The van der Waals surface area contributed by atoms with Gasteiger partial charge in [0, 0.05) is 37.0 Å². The molecular weight excluding hydrogens is 462 g/mol. The number of aromatic amines is 2. The van der Waals surface area contributed by atoms with Crippen LogP contribution in [0.25, 0.3) is 22.4 Å². The third kappa shape index (κ3) is 4.60. The number of nitrogens with one attached hydrogen (secondary N) is 2. The summed E-state index contributed by atoms with van der Waals surface area (Å²) in [5.41, 5.74) is 4.50. The van der Waals surface area contributed by atoms with Crippen LogP contribution in [0.3, 0.4) is 0 Å². The van der Waals surface area contributed by atoms with Gasteiger partial charge in [-0.25, -0.2) is 13.8 Å². The van der Waals surface area contributed by atoms with E-state index >= 15 is 0 Å². The Morgan fingerprint density at radius 2 is 1.86 bits per heavy atom. The predicted octanol–water partition coefficient (Wildman–Crippen LogP) is 4.65. The molecule has 2 aliphatic rings. The van der Waals surface area contributed by atoms with Gasteiger partial charge in [-0.3, -0.25) is 10.00 Å². The van der Waals surface area contributed by atoms with Gasteiger partial charge < -0.3 is 14.6 Å². The molecule has 0 aliphatic carbocycles. The second-order valence-electron chi connectivity index (χ2n) is 9.74. The largest absolute Gasteiger partial charge is 0.493 e. The number of nitrogens with zero attached hydrogens (tertiary/aromatic N) is 4. The van der Waals surface area contributed by atoms with Crippen molar-refractivity contribution in [3.63, 3.8) is 0 Å². The molecule has 0 radical (unpaired) electrons. The maximum atomic E-state index is 13.4. The van der Waals surface area contributed by atoms with Crippen LogP contribution >= 0.6 is 0 Å². The highest BCUT2D eigenvalue weighted by Gasteiger charge is 2.31. The van der Waals surface area contributed by atoms with Crippen molar-refractivity contribution >= 4 is 10.9 Å². The van der Waals surface area contributed by atoms with Crippen LogP contribution in [0, 0.1) is 11.6 Å². The Labute approximate surface area is 208 Å². The monoisotopic (exact) mass is 492 g/mol. The van der Waals surface area contributed by atoms with E-state index in [-0.39, 0.29) is 0 Å². The first-order valence-electron chi connectivity index (χ1n) is 12.7. The minimum absolute atomic E-state index is 0.309. The van der Waals surface area contributed by atoms with Crippen molar-refractivity contribution < 1.29 is 13.5 Å². The Hall–Kier alpha value is -3.30. The smallest absolute Gasteiger partial charge is 0.159 e. The van der Waals surface area contributed by atoms with Gasteiger partial charge in [0.15, 0.2) is 5.82 Å². The second-order valence-corrected chi connectivity index (χ2v) is 9.74. The number of likely N-dealkylation sites (tertiary alicyclic amines) is 1. The van der Waals surface area contributed by atoms with E-state index in [4.69, 9.17) is 9.72 Å². The molecule has 0 atom stereocenters. The fourth-order valence-electron chi connectivity index (χ4n) is 5.43. The van der Waals surface area contributed by atoms with Crippen molar-refractivity contribution in [3.8, 4) is 17.3 Å². The lowest BCUT2D eigenvalue weighted by atomic mass is 10.0. The van der Waals surface area contributed by atoms with Gasteiger partial charge in [0.25, 0.3) is 0 Å². The molecule has 9 heteroatoms. The molecule has 0 saturated carbocycles. The average Bonchev–Trinajstić information content (AvgIpc) is 3.56. The Balaban J connectivity index is 1.13. The number of imidazole rings is 1. The molecule has 2 aromatic carbocycles. The highest BCUT2D eigenvalue weighted by molar-refractivity contribution is 5.92. The van der Waals surface area contributed by atoms with E-state index in [9.17, 15) is 8.78 Å². The van der Waals surface area contributed by atoms with E-state index in [0.717, 1.165) is 53.8 Å². The summed E-state index contributed by atoms with van der Waals surface area (Å²) >= 11 is 0. The van der Waals surface area contributed by atoms with Crippen LogP contribution in [0.1, 0.15) is 36.7 Å². The van der Waals surface area contributed by atoms with Crippen LogP contribution in [0.4, 0.5) is 8.78 Å². The lowest BCUT2D eigenvalue weighted by molar-refractivity contribution is 0.108. The standard InChI is InChI=1S/C27H30F2N6O/c1-2-34-8-5-20(6-9-34)35-15-24-25(16-35)31-27(30-24)26-22-14-21(3-4-23(22)32-33-26)36-10-7-17-11-18(28)13-19(29)12-17/h3-4,11-14,20H,2,5-10,15-16H2,1H3,(H,30,31)(H,32,33). The third-order valence-corrected chi connectivity index (χ3v) is 7.44. The number of hydrogen-bond donors (Lipinski definition) is 2. The molecule has 2 aliphatic heterocycles. The molecule has 2 N–H and O–H groups in total. The molecule has 0 spiro atoms. The van der Waals surface area contributed by atoms with Gasteiger partial charge in [0.2, 0.25) is 0 Å². The summed E-state index contributed by atoms with van der Waals surface area (Å²) in [6.07, 6.45) is 2.83. The first kappa shape index (κ1) is 23.1. The van der Waals surface area contributed by atoms with Crippen molar-refractivity contribution in [2.45, 2.75) is 45.3 Å². The van der Waals surface area contributed by atoms with Gasteiger partial charge in [0.1, 0.15) is 23.1 Å². The predicted molar refractivity (Wildman–Crippen MR) is 134 cm³/mol. The molecule has 7 nitrogen and oxygen atoms in total. The number of H-pyrrole nitrogens is 2. The Morgan fingerprint density at radius 3 is 2.61 bits per heavy atom. The Kier molecular flexibility index (Phi) is 6.18. The van der Waals surface area contributed by atoms with Crippen molar-refractivity contribution in [2.24, 2.45) is 0 Å². The maximum Gasteiger partial charge on any atom is 0.159 e. The summed E-state index contributed by atoms with van der Waals surface area (Å²) in [6.45, 7) is 7.80. The van der Waals surface area contributed by atoms with Crippen LogP contribution in [0.5, 0.6) is 5.75 Å². The summed E-state index contributed by atoms with van der Waals surface area (Å²) in [5, 5.41) is 8.51. The number of rotatable bonds is 7. The summed E-state index contributed by atoms with van der Waals surface area (Å²) in [7, 11) is 0. The van der Waals surface area contributed by atoms with Gasteiger partial charge >= 0.3 is 0 Å². The number of ether oxygens (including phenoxy) is 1. The number of aromatic nitrogens is 4. The van der Waals surface area contributed by atoms with E-state index < -0.39 is 11.6 Å². The number of benzene rings is 2. The summed E-state index contributed by atoms with van der Waals surface area (Å²) in [5.74, 6) is 0.277. The van der Waals surface area contributed by atoms with Crippen LogP contribution in [0.15, 0.2) is 36.4 Å². The van der Waals surface area contributed by atoms with Crippen LogP contribution in [-0.2, 0) is 19.5 Å². The first-order valence-corrected chi connectivity index (χ1v) is 12.7. The SMILES string of the molecule is CCN1CCC(N2Cc3nc(-c4n[nH]c5ccc(OCCc6cc(F)cc(F)c6)cc45)[nH]c3C2)CC1. The molecule has 4 aromatic rings. The van der Waals surface area contributed by atoms with Crippen molar-refractivity contribution in [3.05, 3.63) is 65.0 Å². The minimum atomic E-state index is -0.579. The van der Waals surface area contributed by atoms with Crippen molar-refractivity contribution in [1.29, 1.82) is 0 Å². The molecule has 2 aromatic heterocycles. The van der Waals surface area contributed by atoms with E-state index in [1.165, 1.54) is 43.8 Å². The summed E-state index contributed by atoms with van der Waals surface area (Å²) in [6, 6.07) is 9.86. The van der Waals surface area contributed by atoms with E-state index in [0.29, 0.717) is 30.4 Å². The number of piperidine rings is 1. The molecule has 6 rings (SSSR count). The van der Waals surface area contributed by atoms with Crippen molar-refractivity contribution in [1.82, 2.24) is 30.0 Å². The Bertz CT molecular complexity index is 1330. The van der Waals surface area contributed by atoms with Gasteiger partial charge in [-0.2, -0.15) is 5.10 Å². The van der Waals surface area contributed by atoms with Gasteiger partial charge in [-0.1, -0.05) is 6.92 Å². The lowest BCUT2D eigenvalue weighted by Gasteiger charge is -2.36. The topological polar surface area (TPSA) is 73.1 Å². The number of fused-ring (bicyclic) bond motifs is 2. The van der Waals surface area contributed by atoms with Crippen LogP contribution in [-0.4, -0.2) is 62.2 Å². The summed E-state index contributed by atoms with van der Waals surface area (Å²) < 4.78 is 32.7. The van der Waals surface area contributed by atoms with E-state index in [2.05, 4.69) is 31.9 Å². The van der Waals surface area contributed by atoms with Gasteiger partial charge in [-0.15, -0.1) is 0 Å². The third-order valence-electron chi connectivity index (χ3n) is 7.44. The quantitative estimate of drug-likeness (QED) is 0.393. The van der Waals surface area contributed by atoms with E-state index in [1.807, 2.05) is 18.2 Å². The minimum Gasteiger partial charge on any atom is -0.493 e. The van der Waals surface area contributed by atoms with E-state index in [1.54, 1.807) is 0 Å². The highest BCUT2D eigenvalue weighted by Crippen LogP contribution is 2.32. The molecule has 0 amide bonds. The average molecular weight is 493 g/mol. The van der Waals surface area contributed by atoms with Crippen molar-refractivity contribution in [2.75, 3.05) is 26.2 Å². The molecule has 4 heterocycles. The van der Waals surface area contributed by atoms with Crippen LogP contribution in [0.2, 0.25) is 0 Å². The zero-order valence-electron chi connectivity index (χ0n) is 20.4. The molecule has 1 fully saturated rings. The summed E-state index contributed by atoms with van der Waals surface area (Å²) in [4.78, 5) is 13.5. The highest BCUT2D eigenvalue weighted by atomic mass is 19.1. The normalized spacial score (nSPS) is 17.2. The molecule has 188 valence electrons. The Morgan fingerprint density at radius 1 is 1.06 bits per heavy atom. The fourth-order valence-corrected chi connectivity index (χ4v) is 5.43. The van der Waals surface area contributed by atoms with Gasteiger partial charge in [-0.05, 0) is 68.4 Å². The molecule has 1 saturated heterocycles. The molecule has 36 heavy (non-hydrogen) atoms. The van der Waals surface area contributed by atoms with Gasteiger partial charge in [0.05, 0.1) is 23.5 Å². The molecule has 0 unspecified atom stereocenters. The number of hydrogen-bond acceptors (Lipinski definition) is 5. The fraction of sp³-hybridized carbons (Fsp3) is 0.407. The zero-order chi connectivity index (χ0) is 24.6. The zero-order valence-corrected chi connectivity index (χ0v) is 20.4. The first-order chi connectivity index (χ1) is 17.6. The molecule has 0 bridgehead atoms. The maximum absolute atomic E-state index is 13.4. The molecular formula is C27H30F2N6O. The number of halogens is 2. The lowest BCUT2D eigenvalue weighted by Crippen LogP contribution is -2.42.